The molecule has 2 saturated heterocycles. The number of carbonyl (C=O) groups is 1. The van der Waals surface area contributed by atoms with Crippen LogP contribution in [0.4, 0.5) is 5.69 Å². The molecule has 1 atom stereocenters. The summed E-state index contributed by atoms with van der Waals surface area (Å²) in [6.45, 7) is 4.05. The van der Waals surface area contributed by atoms with E-state index in [-0.39, 0.29) is 12.0 Å². The van der Waals surface area contributed by atoms with Gasteiger partial charge in [0.2, 0.25) is 0 Å². The molecule has 2 heterocycles. The number of benzene rings is 1. The number of ether oxygens (including phenoxy) is 1. The van der Waals surface area contributed by atoms with Crippen LogP contribution in [-0.4, -0.2) is 36.6 Å². The number of carbonyl (C=O) groups excluding carboxylic acids is 1. The molecular formula is C16H22N2O2. The first kappa shape index (κ1) is 13.6. The number of hydrogen-bond acceptors (Lipinski definition) is 3. The van der Waals surface area contributed by atoms with Crippen molar-refractivity contribution in [1.29, 1.82) is 0 Å². The third kappa shape index (κ3) is 3.38. The predicted octanol–water partition coefficient (Wildman–Crippen LogP) is 2.40. The average Bonchev–Trinajstić information content (AvgIpc) is 3.12. The van der Waals surface area contributed by atoms with Crippen LogP contribution in [0.1, 0.15) is 31.2 Å². The first-order valence-corrected chi connectivity index (χ1v) is 7.55. The summed E-state index contributed by atoms with van der Waals surface area (Å²) in [6.07, 6.45) is 4.15. The number of hydrogen-bond donors (Lipinski definition) is 1. The van der Waals surface area contributed by atoms with Gasteiger partial charge in [0.05, 0.1) is 0 Å². The van der Waals surface area contributed by atoms with Crippen LogP contribution in [0.3, 0.4) is 0 Å². The maximum absolute atomic E-state index is 12.0. The van der Waals surface area contributed by atoms with Crippen LogP contribution in [0, 0.1) is 0 Å². The Bertz CT molecular complexity index is 463. The van der Waals surface area contributed by atoms with Crippen molar-refractivity contribution >= 4 is 11.6 Å². The second-order valence-electron chi connectivity index (χ2n) is 5.67. The number of nitrogens with one attached hydrogen (secondary N) is 1. The van der Waals surface area contributed by atoms with Crippen LogP contribution < -0.4 is 5.32 Å². The Balaban J connectivity index is 1.59. The molecule has 2 fully saturated rings. The third-order valence-electron chi connectivity index (χ3n) is 4.02. The van der Waals surface area contributed by atoms with Gasteiger partial charge in [-0.15, -0.1) is 0 Å². The number of rotatable bonds is 4. The van der Waals surface area contributed by atoms with Gasteiger partial charge in [-0.25, -0.2) is 0 Å². The van der Waals surface area contributed by atoms with Crippen LogP contribution >= 0.6 is 0 Å². The minimum absolute atomic E-state index is 0.0131. The van der Waals surface area contributed by atoms with Crippen LogP contribution in [0.15, 0.2) is 24.3 Å². The van der Waals surface area contributed by atoms with Crippen molar-refractivity contribution in [1.82, 2.24) is 4.90 Å². The molecule has 0 radical (unpaired) electrons. The van der Waals surface area contributed by atoms with Gasteiger partial charge < -0.3 is 10.1 Å². The highest BCUT2D eigenvalue weighted by atomic mass is 16.5. The van der Waals surface area contributed by atoms with Gasteiger partial charge in [0, 0.05) is 18.8 Å². The largest absolute Gasteiger partial charge is 0.368 e. The molecule has 108 valence electrons. The van der Waals surface area contributed by atoms with E-state index in [4.69, 9.17) is 4.74 Å². The maximum Gasteiger partial charge on any atom is 0.253 e. The van der Waals surface area contributed by atoms with Crippen molar-refractivity contribution in [3.63, 3.8) is 0 Å². The third-order valence-corrected chi connectivity index (χ3v) is 4.02. The minimum atomic E-state index is -0.266. The molecule has 1 unspecified atom stereocenters. The lowest BCUT2D eigenvalue weighted by Crippen LogP contribution is -2.27. The Morgan fingerprint density at radius 1 is 1.30 bits per heavy atom. The van der Waals surface area contributed by atoms with Gasteiger partial charge in [-0.2, -0.15) is 0 Å². The van der Waals surface area contributed by atoms with Gasteiger partial charge in [0.15, 0.2) is 0 Å². The topological polar surface area (TPSA) is 41.6 Å². The van der Waals surface area contributed by atoms with Crippen LogP contribution in [0.2, 0.25) is 0 Å². The summed E-state index contributed by atoms with van der Waals surface area (Å²) in [5.74, 6) is -0.0131. The van der Waals surface area contributed by atoms with Crippen LogP contribution in [-0.2, 0) is 16.1 Å². The van der Waals surface area contributed by atoms with Gasteiger partial charge in [-0.05, 0) is 56.5 Å². The van der Waals surface area contributed by atoms with Gasteiger partial charge in [0.1, 0.15) is 6.10 Å². The summed E-state index contributed by atoms with van der Waals surface area (Å²) in [4.78, 5) is 14.5. The lowest BCUT2D eigenvalue weighted by atomic mass is 10.1. The van der Waals surface area contributed by atoms with Crippen molar-refractivity contribution in [3.05, 3.63) is 29.8 Å². The first-order chi connectivity index (χ1) is 9.81. The molecule has 0 aromatic heterocycles. The van der Waals surface area contributed by atoms with Crippen LogP contribution in [0.25, 0.3) is 0 Å². The molecule has 4 nitrogen and oxygen atoms in total. The lowest BCUT2D eigenvalue weighted by Gasteiger charge is -2.16. The first-order valence-electron chi connectivity index (χ1n) is 7.55. The zero-order valence-corrected chi connectivity index (χ0v) is 11.8. The molecule has 1 N–H and O–H groups in total. The second-order valence-corrected chi connectivity index (χ2v) is 5.67. The van der Waals surface area contributed by atoms with Crippen LogP contribution in [0.5, 0.6) is 0 Å². The highest BCUT2D eigenvalue weighted by Gasteiger charge is 2.23. The summed E-state index contributed by atoms with van der Waals surface area (Å²) in [5.41, 5.74) is 2.14. The Labute approximate surface area is 120 Å². The SMILES string of the molecule is O=C(Nc1cccc(CN2CCCC2)c1)C1CCCO1. The quantitative estimate of drug-likeness (QED) is 0.916. The molecule has 0 bridgehead atoms. The molecule has 20 heavy (non-hydrogen) atoms. The average molecular weight is 274 g/mol. The Kier molecular flexibility index (Phi) is 4.33. The van der Waals surface area contributed by atoms with E-state index in [2.05, 4.69) is 22.3 Å². The normalized spacial score (nSPS) is 23.1. The lowest BCUT2D eigenvalue weighted by molar-refractivity contribution is -0.124. The molecule has 0 spiro atoms. The van der Waals surface area contributed by atoms with E-state index in [0.717, 1.165) is 25.1 Å². The fourth-order valence-electron chi connectivity index (χ4n) is 2.95. The molecule has 1 aromatic rings. The fraction of sp³-hybridized carbons (Fsp3) is 0.562. The Morgan fingerprint density at radius 2 is 2.15 bits per heavy atom. The molecule has 1 aromatic carbocycles. The van der Waals surface area contributed by atoms with E-state index in [9.17, 15) is 4.79 Å². The molecule has 2 aliphatic heterocycles. The summed E-state index contributed by atoms with van der Waals surface area (Å²) in [7, 11) is 0. The van der Waals surface area contributed by atoms with E-state index in [1.165, 1.54) is 31.5 Å². The van der Waals surface area contributed by atoms with Crippen molar-refractivity contribution in [3.8, 4) is 0 Å². The van der Waals surface area contributed by atoms with Gasteiger partial charge in [0.25, 0.3) is 5.91 Å². The summed E-state index contributed by atoms with van der Waals surface area (Å²) in [5, 5.41) is 2.97. The van der Waals surface area contributed by atoms with E-state index in [1.54, 1.807) is 0 Å². The second kappa shape index (κ2) is 6.37. The van der Waals surface area contributed by atoms with Crippen molar-refractivity contribution in [2.24, 2.45) is 0 Å². The van der Waals surface area contributed by atoms with Crippen molar-refractivity contribution in [2.45, 2.75) is 38.3 Å². The molecule has 0 aliphatic carbocycles. The van der Waals surface area contributed by atoms with Gasteiger partial charge >= 0.3 is 0 Å². The number of anilines is 1. The van der Waals surface area contributed by atoms with Crippen molar-refractivity contribution < 1.29 is 9.53 Å². The zero-order valence-electron chi connectivity index (χ0n) is 11.8. The molecule has 4 heteroatoms. The number of nitrogens with zero attached hydrogens (tertiary/aromatic N) is 1. The molecule has 3 rings (SSSR count). The van der Waals surface area contributed by atoms with E-state index in [1.807, 2.05) is 12.1 Å². The monoisotopic (exact) mass is 274 g/mol. The van der Waals surface area contributed by atoms with E-state index in [0.29, 0.717) is 6.61 Å². The van der Waals surface area contributed by atoms with Crippen molar-refractivity contribution in [2.75, 3.05) is 25.0 Å². The van der Waals surface area contributed by atoms with Gasteiger partial charge in [-0.3, -0.25) is 9.69 Å². The number of likely N-dealkylation sites (tertiary alicyclic amines) is 1. The summed E-state index contributed by atoms with van der Waals surface area (Å²) in [6, 6.07) is 8.15. The van der Waals surface area contributed by atoms with E-state index < -0.39 is 0 Å². The summed E-state index contributed by atoms with van der Waals surface area (Å²) >= 11 is 0. The minimum Gasteiger partial charge on any atom is -0.368 e. The number of amides is 1. The predicted molar refractivity (Wildman–Crippen MR) is 78.6 cm³/mol. The van der Waals surface area contributed by atoms with E-state index >= 15 is 0 Å². The Morgan fingerprint density at radius 3 is 2.90 bits per heavy atom. The zero-order chi connectivity index (χ0) is 13.8. The maximum atomic E-state index is 12.0. The molecule has 1 amide bonds. The fourth-order valence-corrected chi connectivity index (χ4v) is 2.95. The highest BCUT2D eigenvalue weighted by molar-refractivity contribution is 5.94. The molecule has 2 aliphatic rings. The van der Waals surface area contributed by atoms with Gasteiger partial charge in [-0.1, -0.05) is 12.1 Å². The highest BCUT2D eigenvalue weighted by Crippen LogP contribution is 2.18. The smallest absolute Gasteiger partial charge is 0.253 e. The molecule has 0 saturated carbocycles. The Hall–Kier alpha value is -1.39. The summed E-state index contributed by atoms with van der Waals surface area (Å²) < 4.78 is 5.40. The standard InChI is InChI=1S/C16H22N2O2/c19-16(15-7-4-10-20-15)17-14-6-3-5-13(11-14)12-18-8-1-2-9-18/h3,5-6,11,15H,1-2,4,7-10,12H2,(H,17,19). The molecular weight excluding hydrogens is 252 g/mol.